The molecule has 0 unspecified atom stereocenters. The van der Waals surface area contributed by atoms with Crippen LogP contribution in [0.5, 0.6) is 0 Å². The summed E-state index contributed by atoms with van der Waals surface area (Å²) in [5.74, 6) is -0.299. The van der Waals surface area contributed by atoms with Gasteiger partial charge in [-0.15, -0.1) is 0 Å². The van der Waals surface area contributed by atoms with E-state index in [0.717, 1.165) is 5.56 Å². The van der Waals surface area contributed by atoms with E-state index in [2.05, 4.69) is 30.3 Å². The lowest BCUT2D eigenvalue weighted by molar-refractivity contribution is -0.135. The van der Waals surface area contributed by atoms with Crippen molar-refractivity contribution in [1.29, 1.82) is 0 Å². The standard InChI is InChI=1S/C19H16O2/c1-13(19(20)21-2)12-16-8-5-7-15-11-10-14-6-3-4-9-17(14)18(15)16/h3-12H,1-2H3. The molecule has 2 heteroatoms. The molecule has 3 aromatic carbocycles. The van der Waals surface area contributed by atoms with Crippen LogP contribution < -0.4 is 0 Å². The number of ether oxygens (including phenoxy) is 1. The highest BCUT2D eigenvalue weighted by Crippen LogP contribution is 2.29. The Morgan fingerprint density at radius 3 is 2.48 bits per heavy atom. The van der Waals surface area contributed by atoms with Crippen molar-refractivity contribution in [2.24, 2.45) is 0 Å². The SMILES string of the molecule is COC(=O)C(C)=Cc1cccc2ccc3ccccc3c12. The zero-order chi connectivity index (χ0) is 14.8. The average Bonchev–Trinajstić information content (AvgIpc) is 2.53. The van der Waals surface area contributed by atoms with Crippen LogP contribution >= 0.6 is 0 Å². The lowest BCUT2D eigenvalue weighted by Gasteiger charge is -2.08. The molecule has 0 saturated heterocycles. The molecule has 0 amide bonds. The lowest BCUT2D eigenvalue weighted by Crippen LogP contribution is -2.01. The van der Waals surface area contributed by atoms with Crippen molar-refractivity contribution in [2.45, 2.75) is 6.92 Å². The fourth-order valence-corrected chi connectivity index (χ4v) is 2.66. The van der Waals surface area contributed by atoms with Crippen LogP contribution in [0.1, 0.15) is 12.5 Å². The second-order valence-electron chi connectivity index (χ2n) is 5.05. The van der Waals surface area contributed by atoms with E-state index < -0.39 is 0 Å². The molecule has 0 N–H and O–H groups in total. The molecule has 0 saturated carbocycles. The van der Waals surface area contributed by atoms with Gasteiger partial charge in [-0.1, -0.05) is 54.6 Å². The molecule has 0 bridgehead atoms. The van der Waals surface area contributed by atoms with Crippen molar-refractivity contribution in [2.75, 3.05) is 7.11 Å². The van der Waals surface area contributed by atoms with E-state index in [0.29, 0.717) is 5.57 Å². The second kappa shape index (κ2) is 5.41. The van der Waals surface area contributed by atoms with E-state index in [1.54, 1.807) is 6.92 Å². The van der Waals surface area contributed by atoms with Gasteiger partial charge >= 0.3 is 5.97 Å². The summed E-state index contributed by atoms with van der Waals surface area (Å²) >= 11 is 0. The van der Waals surface area contributed by atoms with Crippen LogP contribution in [0, 0.1) is 0 Å². The minimum absolute atomic E-state index is 0.299. The number of carbonyl (C=O) groups excluding carboxylic acids is 1. The van der Waals surface area contributed by atoms with Crippen molar-refractivity contribution < 1.29 is 9.53 Å². The Kier molecular flexibility index (Phi) is 3.44. The van der Waals surface area contributed by atoms with E-state index in [1.807, 2.05) is 30.3 Å². The number of hydrogen-bond donors (Lipinski definition) is 0. The summed E-state index contributed by atoms with van der Waals surface area (Å²) < 4.78 is 4.78. The molecule has 3 rings (SSSR count). The maximum absolute atomic E-state index is 11.6. The Bertz CT molecular complexity index is 860. The Morgan fingerprint density at radius 1 is 0.952 bits per heavy atom. The van der Waals surface area contributed by atoms with Gasteiger partial charge in [0.15, 0.2) is 0 Å². The summed E-state index contributed by atoms with van der Waals surface area (Å²) in [6, 6.07) is 18.6. The van der Waals surface area contributed by atoms with Gasteiger partial charge in [-0.3, -0.25) is 0 Å². The number of rotatable bonds is 2. The Labute approximate surface area is 123 Å². The third-order valence-electron chi connectivity index (χ3n) is 3.68. The summed E-state index contributed by atoms with van der Waals surface area (Å²) in [4.78, 5) is 11.6. The molecule has 0 spiro atoms. The van der Waals surface area contributed by atoms with Gasteiger partial charge in [-0.05, 0) is 40.1 Å². The topological polar surface area (TPSA) is 26.3 Å². The van der Waals surface area contributed by atoms with Gasteiger partial charge in [-0.25, -0.2) is 4.79 Å². The molecular formula is C19H16O2. The highest BCUT2D eigenvalue weighted by Gasteiger charge is 2.07. The first-order valence-electron chi connectivity index (χ1n) is 6.88. The van der Waals surface area contributed by atoms with E-state index >= 15 is 0 Å². The predicted molar refractivity (Wildman–Crippen MR) is 87.1 cm³/mol. The monoisotopic (exact) mass is 276 g/mol. The van der Waals surface area contributed by atoms with Crippen molar-refractivity contribution in [3.63, 3.8) is 0 Å². The molecule has 104 valence electrons. The first-order chi connectivity index (χ1) is 10.2. The Hall–Kier alpha value is -2.61. The molecule has 21 heavy (non-hydrogen) atoms. The molecule has 3 aromatic rings. The molecular weight excluding hydrogens is 260 g/mol. The van der Waals surface area contributed by atoms with Crippen LogP contribution in [0.2, 0.25) is 0 Å². The summed E-state index contributed by atoms with van der Waals surface area (Å²) in [6.45, 7) is 1.77. The van der Waals surface area contributed by atoms with Crippen molar-refractivity contribution in [3.05, 3.63) is 65.7 Å². The number of esters is 1. The maximum Gasteiger partial charge on any atom is 0.333 e. The number of benzene rings is 3. The van der Waals surface area contributed by atoms with Crippen LogP contribution in [0.15, 0.2) is 60.2 Å². The zero-order valence-corrected chi connectivity index (χ0v) is 12.1. The summed E-state index contributed by atoms with van der Waals surface area (Å²) in [6.07, 6.45) is 1.89. The first kappa shape index (κ1) is 13.4. The van der Waals surface area contributed by atoms with Crippen molar-refractivity contribution in [1.82, 2.24) is 0 Å². The van der Waals surface area contributed by atoms with Crippen LogP contribution in [0.4, 0.5) is 0 Å². The molecule has 2 nitrogen and oxygen atoms in total. The van der Waals surface area contributed by atoms with E-state index in [9.17, 15) is 4.79 Å². The summed E-state index contributed by atoms with van der Waals surface area (Å²) in [5, 5.41) is 4.72. The Morgan fingerprint density at radius 2 is 1.67 bits per heavy atom. The normalized spacial score (nSPS) is 11.8. The van der Waals surface area contributed by atoms with Crippen LogP contribution in [0.3, 0.4) is 0 Å². The number of fused-ring (bicyclic) bond motifs is 3. The van der Waals surface area contributed by atoms with E-state index in [4.69, 9.17) is 4.74 Å². The fraction of sp³-hybridized carbons (Fsp3) is 0.105. The smallest absolute Gasteiger partial charge is 0.333 e. The number of hydrogen-bond acceptors (Lipinski definition) is 2. The quantitative estimate of drug-likeness (QED) is 0.389. The minimum Gasteiger partial charge on any atom is -0.466 e. The maximum atomic E-state index is 11.6. The summed E-state index contributed by atoms with van der Waals surface area (Å²) in [7, 11) is 1.40. The summed E-state index contributed by atoms with van der Waals surface area (Å²) in [5.41, 5.74) is 1.63. The largest absolute Gasteiger partial charge is 0.466 e. The molecule has 0 heterocycles. The predicted octanol–water partition coefficient (Wildman–Crippen LogP) is 4.57. The second-order valence-corrected chi connectivity index (χ2v) is 5.05. The van der Waals surface area contributed by atoms with E-state index in [1.165, 1.54) is 28.7 Å². The molecule has 0 aliphatic carbocycles. The molecule has 0 aliphatic heterocycles. The third kappa shape index (κ3) is 2.40. The lowest BCUT2D eigenvalue weighted by atomic mass is 9.97. The highest BCUT2D eigenvalue weighted by molar-refractivity contribution is 6.12. The van der Waals surface area contributed by atoms with Gasteiger partial charge in [0.1, 0.15) is 0 Å². The highest BCUT2D eigenvalue weighted by atomic mass is 16.5. The van der Waals surface area contributed by atoms with Gasteiger partial charge in [0.2, 0.25) is 0 Å². The third-order valence-corrected chi connectivity index (χ3v) is 3.68. The van der Waals surface area contributed by atoms with Gasteiger partial charge in [-0.2, -0.15) is 0 Å². The van der Waals surface area contributed by atoms with Gasteiger partial charge in [0.05, 0.1) is 7.11 Å². The molecule has 0 fully saturated rings. The van der Waals surface area contributed by atoms with Crippen LogP contribution in [-0.4, -0.2) is 13.1 Å². The van der Waals surface area contributed by atoms with Gasteiger partial charge in [0, 0.05) is 5.57 Å². The van der Waals surface area contributed by atoms with E-state index in [-0.39, 0.29) is 5.97 Å². The van der Waals surface area contributed by atoms with Crippen LogP contribution in [0.25, 0.3) is 27.6 Å². The van der Waals surface area contributed by atoms with Crippen LogP contribution in [-0.2, 0) is 9.53 Å². The van der Waals surface area contributed by atoms with Gasteiger partial charge in [0.25, 0.3) is 0 Å². The average molecular weight is 276 g/mol. The minimum atomic E-state index is -0.299. The number of carbonyl (C=O) groups is 1. The Balaban J connectivity index is 2.33. The molecule has 0 aliphatic rings. The van der Waals surface area contributed by atoms with Gasteiger partial charge < -0.3 is 4.74 Å². The molecule has 0 radical (unpaired) electrons. The first-order valence-corrected chi connectivity index (χ1v) is 6.88. The van der Waals surface area contributed by atoms with Crippen molar-refractivity contribution in [3.8, 4) is 0 Å². The zero-order valence-electron chi connectivity index (χ0n) is 12.1. The fourth-order valence-electron chi connectivity index (χ4n) is 2.66. The number of methoxy groups -OCH3 is 1. The molecule has 0 aromatic heterocycles. The molecule has 0 atom stereocenters. The van der Waals surface area contributed by atoms with Crippen molar-refractivity contribution >= 4 is 33.6 Å².